The summed E-state index contributed by atoms with van der Waals surface area (Å²) in [5.74, 6) is 1.78. The van der Waals surface area contributed by atoms with Gasteiger partial charge in [-0.1, -0.05) is 42.0 Å². The molecule has 2 N–H and O–H groups in total. The van der Waals surface area contributed by atoms with Gasteiger partial charge < -0.3 is 14.5 Å². The van der Waals surface area contributed by atoms with Crippen molar-refractivity contribution in [2.24, 2.45) is 0 Å². The van der Waals surface area contributed by atoms with Crippen molar-refractivity contribution in [3.05, 3.63) is 71.0 Å². The van der Waals surface area contributed by atoms with Crippen molar-refractivity contribution < 1.29 is 14.5 Å². The van der Waals surface area contributed by atoms with E-state index in [9.17, 15) is 0 Å². The number of nitrogens with zero attached hydrogens (tertiary/aromatic N) is 4. The van der Waals surface area contributed by atoms with Gasteiger partial charge in [-0.05, 0) is 35.0 Å². The smallest absolute Gasteiger partial charge is 0.214 e. The molecule has 1 aromatic heterocycles. The molecular weight excluding hydrogens is 364 g/mol. The zero-order valence-electron chi connectivity index (χ0n) is 17.4. The maximum Gasteiger partial charge on any atom is 0.214 e. The number of hydrogen-bond donors (Lipinski definition) is 2. The first-order valence-electron chi connectivity index (χ1n) is 10.3. The summed E-state index contributed by atoms with van der Waals surface area (Å²) in [6.45, 7) is 7.32. The number of aryl methyl sites for hydroxylation is 1. The minimum absolute atomic E-state index is 0.136. The van der Waals surface area contributed by atoms with Crippen LogP contribution in [0.5, 0.6) is 5.75 Å². The summed E-state index contributed by atoms with van der Waals surface area (Å²) in [5, 5.41) is 12.9. The Labute approximate surface area is 171 Å². The fourth-order valence-corrected chi connectivity index (χ4v) is 4.05. The van der Waals surface area contributed by atoms with Crippen LogP contribution in [0.3, 0.4) is 0 Å². The maximum absolute atomic E-state index is 5.27. The van der Waals surface area contributed by atoms with Crippen LogP contribution < -0.4 is 14.5 Å². The predicted molar refractivity (Wildman–Crippen MR) is 110 cm³/mol. The molecule has 0 unspecified atom stereocenters. The van der Waals surface area contributed by atoms with E-state index in [0.29, 0.717) is 6.54 Å². The lowest BCUT2D eigenvalue weighted by atomic mass is 10.0. The Bertz CT molecular complexity index is 913. The van der Waals surface area contributed by atoms with Crippen molar-refractivity contribution >= 4 is 0 Å². The van der Waals surface area contributed by atoms with E-state index in [1.807, 2.05) is 16.8 Å². The van der Waals surface area contributed by atoms with Crippen LogP contribution in [0.25, 0.3) is 0 Å². The first-order valence-corrected chi connectivity index (χ1v) is 10.3. The van der Waals surface area contributed by atoms with E-state index >= 15 is 0 Å². The molecule has 4 rings (SSSR count). The van der Waals surface area contributed by atoms with Gasteiger partial charge in [-0.25, -0.2) is 4.68 Å². The number of tetrazole rings is 1. The molecule has 7 nitrogen and oxygen atoms in total. The van der Waals surface area contributed by atoms with Crippen LogP contribution in [-0.4, -0.2) is 60.5 Å². The number of likely N-dealkylation sites (N-methyl/N-ethyl adjacent to an activating group) is 1. The van der Waals surface area contributed by atoms with Gasteiger partial charge in [-0.15, -0.1) is 5.10 Å². The van der Waals surface area contributed by atoms with Gasteiger partial charge in [0.25, 0.3) is 0 Å². The van der Waals surface area contributed by atoms with Crippen LogP contribution in [-0.2, 0) is 6.54 Å². The van der Waals surface area contributed by atoms with E-state index in [2.05, 4.69) is 65.9 Å². The molecule has 0 bridgehead atoms. The molecular formula is C22H30N6O+2. The molecule has 1 fully saturated rings. The second-order valence-electron chi connectivity index (χ2n) is 8.00. The standard InChI is InChI=1S/C22H28N6O/c1-17-4-8-19(9-5-17)21(27-14-12-26(2)13-15-27)22-23-24-25-28(22)16-18-6-10-20(29-3)11-7-18/h4-11,21H,12-16H2,1-3H3/p+2/t21-/m0/s1. The Balaban J connectivity index is 1.65. The quantitative estimate of drug-likeness (QED) is 0.594. The third kappa shape index (κ3) is 4.46. The largest absolute Gasteiger partial charge is 0.497 e. The molecule has 0 aliphatic carbocycles. The molecule has 152 valence electrons. The number of ether oxygens (including phenoxy) is 1. The minimum Gasteiger partial charge on any atom is -0.497 e. The summed E-state index contributed by atoms with van der Waals surface area (Å²) in [6.07, 6.45) is 0. The lowest BCUT2D eigenvalue weighted by molar-refractivity contribution is -1.02. The van der Waals surface area contributed by atoms with Gasteiger partial charge >= 0.3 is 0 Å². The van der Waals surface area contributed by atoms with Crippen LogP contribution in [0.15, 0.2) is 48.5 Å². The SMILES string of the molecule is COc1ccc(Cn2nnnc2[C@H](c2ccc(C)cc2)[NH+]2CC[NH+](C)CC2)cc1. The fraction of sp³-hybridized carbons (Fsp3) is 0.409. The van der Waals surface area contributed by atoms with Crippen LogP contribution >= 0.6 is 0 Å². The lowest BCUT2D eigenvalue weighted by Crippen LogP contribution is -3.27. The van der Waals surface area contributed by atoms with Crippen LogP contribution in [0.4, 0.5) is 0 Å². The number of rotatable bonds is 6. The summed E-state index contributed by atoms with van der Waals surface area (Å²) in [7, 11) is 3.95. The van der Waals surface area contributed by atoms with E-state index in [1.165, 1.54) is 16.0 Å². The second kappa shape index (κ2) is 8.71. The molecule has 1 saturated heterocycles. The van der Waals surface area contributed by atoms with E-state index in [-0.39, 0.29) is 6.04 Å². The average molecular weight is 395 g/mol. The molecule has 1 atom stereocenters. The Morgan fingerprint density at radius 3 is 2.34 bits per heavy atom. The lowest BCUT2D eigenvalue weighted by Gasteiger charge is -2.32. The topological polar surface area (TPSA) is 61.7 Å². The number of nitrogens with one attached hydrogen (secondary N) is 2. The van der Waals surface area contributed by atoms with E-state index in [1.54, 1.807) is 12.0 Å². The van der Waals surface area contributed by atoms with Crippen molar-refractivity contribution in [3.8, 4) is 5.75 Å². The monoisotopic (exact) mass is 394 g/mol. The van der Waals surface area contributed by atoms with E-state index < -0.39 is 0 Å². The predicted octanol–water partition coefficient (Wildman–Crippen LogP) is -0.459. The van der Waals surface area contributed by atoms with Crippen molar-refractivity contribution in [3.63, 3.8) is 0 Å². The van der Waals surface area contributed by atoms with Gasteiger partial charge in [0.2, 0.25) is 5.82 Å². The van der Waals surface area contributed by atoms with Crippen LogP contribution in [0, 0.1) is 6.92 Å². The Kier molecular flexibility index (Phi) is 5.87. The number of benzene rings is 2. The Hall–Kier alpha value is -2.77. The van der Waals surface area contributed by atoms with Crippen molar-refractivity contribution in [1.29, 1.82) is 0 Å². The molecule has 0 saturated carbocycles. The molecule has 3 aromatic rings. The molecule has 1 aliphatic rings. The fourth-order valence-electron chi connectivity index (χ4n) is 4.05. The summed E-state index contributed by atoms with van der Waals surface area (Å²) >= 11 is 0. The zero-order chi connectivity index (χ0) is 20.2. The Morgan fingerprint density at radius 2 is 1.69 bits per heavy atom. The average Bonchev–Trinajstić information content (AvgIpc) is 3.19. The molecule has 7 heteroatoms. The number of hydrogen-bond acceptors (Lipinski definition) is 4. The molecule has 0 amide bonds. The summed E-state index contributed by atoms with van der Waals surface area (Å²) in [6, 6.07) is 17.0. The van der Waals surface area contributed by atoms with Crippen molar-refractivity contribution in [2.45, 2.75) is 19.5 Å². The highest BCUT2D eigenvalue weighted by Crippen LogP contribution is 2.19. The third-order valence-electron chi connectivity index (χ3n) is 5.87. The number of piperazine rings is 1. The molecule has 2 aromatic carbocycles. The van der Waals surface area contributed by atoms with Crippen LogP contribution in [0.2, 0.25) is 0 Å². The number of quaternary nitrogens is 2. The van der Waals surface area contributed by atoms with E-state index in [4.69, 9.17) is 4.74 Å². The zero-order valence-corrected chi connectivity index (χ0v) is 17.4. The number of aromatic nitrogens is 4. The van der Waals surface area contributed by atoms with E-state index in [0.717, 1.165) is 43.3 Å². The normalized spacial score (nSPS) is 20.4. The molecule has 29 heavy (non-hydrogen) atoms. The first-order chi connectivity index (χ1) is 14.1. The van der Waals surface area contributed by atoms with Gasteiger partial charge in [0.05, 0.1) is 20.7 Å². The maximum atomic E-state index is 5.27. The summed E-state index contributed by atoms with van der Waals surface area (Å²) in [4.78, 5) is 3.12. The highest BCUT2D eigenvalue weighted by molar-refractivity contribution is 5.28. The molecule has 0 radical (unpaired) electrons. The molecule has 2 heterocycles. The summed E-state index contributed by atoms with van der Waals surface area (Å²) < 4.78 is 7.22. The van der Waals surface area contributed by atoms with Gasteiger partial charge in [-0.2, -0.15) is 0 Å². The van der Waals surface area contributed by atoms with Crippen LogP contribution in [0.1, 0.15) is 28.6 Å². The first kappa shape index (κ1) is 19.5. The molecule has 0 spiro atoms. The second-order valence-corrected chi connectivity index (χ2v) is 8.00. The highest BCUT2D eigenvalue weighted by atomic mass is 16.5. The van der Waals surface area contributed by atoms with Crippen molar-refractivity contribution in [2.75, 3.05) is 40.3 Å². The Morgan fingerprint density at radius 1 is 1.00 bits per heavy atom. The van der Waals surface area contributed by atoms with Gasteiger partial charge in [-0.3, -0.25) is 0 Å². The van der Waals surface area contributed by atoms with Gasteiger partial charge in [0, 0.05) is 5.56 Å². The summed E-state index contributed by atoms with van der Waals surface area (Å²) in [5.41, 5.74) is 3.69. The van der Waals surface area contributed by atoms with Crippen molar-refractivity contribution in [1.82, 2.24) is 20.2 Å². The number of methoxy groups -OCH3 is 1. The van der Waals surface area contributed by atoms with Gasteiger partial charge in [0.1, 0.15) is 31.9 Å². The minimum atomic E-state index is 0.136. The highest BCUT2D eigenvalue weighted by Gasteiger charge is 2.34. The molecule has 1 aliphatic heterocycles. The van der Waals surface area contributed by atoms with Gasteiger partial charge in [0.15, 0.2) is 6.04 Å². The third-order valence-corrected chi connectivity index (χ3v) is 5.87.